The molecule has 0 saturated heterocycles. The van der Waals surface area contributed by atoms with E-state index in [0.717, 1.165) is 25.7 Å². The van der Waals surface area contributed by atoms with Crippen LogP contribution in [0.3, 0.4) is 0 Å². The molecule has 0 aromatic carbocycles. The van der Waals surface area contributed by atoms with Crippen LogP contribution in [-0.2, 0) is 14.3 Å². The molecule has 0 aromatic rings. The minimum absolute atomic E-state index is 0.0313. The van der Waals surface area contributed by atoms with Crippen LogP contribution in [0.15, 0.2) is 0 Å². The van der Waals surface area contributed by atoms with Crippen LogP contribution >= 0.6 is 0 Å². The lowest BCUT2D eigenvalue weighted by molar-refractivity contribution is -0.147. The van der Waals surface area contributed by atoms with Crippen molar-refractivity contribution in [1.82, 2.24) is 5.32 Å². The van der Waals surface area contributed by atoms with Gasteiger partial charge in [0, 0.05) is 6.42 Å². The minimum Gasteiger partial charge on any atom is -0.464 e. The third-order valence-electron chi connectivity index (χ3n) is 8.48. The van der Waals surface area contributed by atoms with E-state index in [0.29, 0.717) is 13.0 Å². The first-order chi connectivity index (χ1) is 20.1. The minimum atomic E-state index is -0.550. The van der Waals surface area contributed by atoms with Crippen LogP contribution in [0.1, 0.15) is 213 Å². The van der Waals surface area contributed by atoms with Crippen molar-refractivity contribution in [3.05, 3.63) is 0 Å². The highest BCUT2D eigenvalue weighted by Crippen LogP contribution is 2.15. The van der Waals surface area contributed by atoms with E-state index in [2.05, 4.69) is 19.2 Å². The second-order valence-electron chi connectivity index (χ2n) is 12.8. The highest BCUT2D eigenvalue weighted by atomic mass is 16.5. The fraction of sp³-hybridized carbons (Fsp3) is 0.946. The molecule has 0 bridgehead atoms. The predicted molar refractivity (Wildman–Crippen MR) is 178 cm³/mol. The summed E-state index contributed by atoms with van der Waals surface area (Å²) < 4.78 is 5.39. The van der Waals surface area contributed by atoms with Crippen LogP contribution in [-0.4, -0.2) is 24.5 Å². The molecule has 1 atom stereocenters. The second-order valence-corrected chi connectivity index (χ2v) is 12.8. The first-order valence-corrected chi connectivity index (χ1v) is 18.6. The molecule has 0 spiro atoms. The summed E-state index contributed by atoms with van der Waals surface area (Å²) in [5.74, 6) is -0.334. The van der Waals surface area contributed by atoms with Gasteiger partial charge in [-0.05, 0) is 19.8 Å². The van der Waals surface area contributed by atoms with Gasteiger partial charge in [0.1, 0.15) is 6.04 Å². The van der Waals surface area contributed by atoms with Gasteiger partial charge >= 0.3 is 5.97 Å². The van der Waals surface area contributed by atoms with Crippen LogP contribution < -0.4 is 5.32 Å². The number of hydrogen-bond donors (Lipinski definition) is 1. The number of hydrogen-bond acceptors (Lipinski definition) is 3. The monoisotopic (exact) mass is 580 g/mol. The topological polar surface area (TPSA) is 55.4 Å². The van der Waals surface area contributed by atoms with Gasteiger partial charge in [-0.15, -0.1) is 0 Å². The third kappa shape index (κ3) is 31.7. The van der Waals surface area contributed by atoms with Gasteiger partial charge in [-0.25, -0.2) is 4.79 Å². The Hall–Kier alpha value is -1.06. The summed E-state index contributed by atoms with van der Waals surface area (Å²) in [6, 6.07) is -0.550. The predicted octanol–water partition coefficient (Wildman–Crippen LogP) is 11.8. The quantitative estimate of drug-likeness (QED) is 0.0621. The van der Waals surface area contributed by atoms with Gasteiger partial charge < -0.3 is 10.1 Å². The van der Waals surface area contributed by atoms with Crippen molar-refractivity contribution >= 4 is 11.9 Å². The Morgan fingerprint density at radius 3 is 1.10 bits per heavy atom. The summed E-state index contributed by atoms with van der Waals surface area (Å²) in [5.41, 5.74) is 0. The van der Waals surface area contributed by atoms with E-state index in [1.54, 1.807) is 6.92 Å². The van der Waals surface area contributed by atoms with Gasteiger partial charge in [-0.1, -0.05) is 187 Å². The Labute approximate surface area is 257 Å². The van der Waals surface area contributed by atoms with Crippen LogP contribution in [0.4, 0.5) is 0 Å². The van der Waals surface area contributed by atoms with Crippen molar-refractivity contribution in [2.75, 3.05) is 6.61 Å². The zero-order valence-electron chi connectivity index (χ0n) is 28.2. The normalized spacial score (nSPS) is 12.0. The van der Waals surface area contributed by atoms with Crippen LogP contribution in [0.2, 0.25) is 0 Å². The number of carbonyl (C=O) groups is 2. The fourth-order valence-electron chi connectivity index (χ4n) is 5.62. The van der Waals surface area contributed by atoms with Crippen molar-refractivity contribution < 1.29 is 14.3 Å². The van der Waals surface area contributed by atoms with Crippen molar-refractivity contribution in [1.29, 1.82) is 0 Å². The summed E-state index contributed by atoms with van der Waals surface area (Å²) in [6.07, 6.45) is 38.8. The highest BCUT2D eigenvalue weighted by molar-refractivity contribution is 5.84. The largest absolute Gasteiger partial charge is 0.464 e. The first-order valence-electron chi connectivity index (χ1n) is 18.6. The van der Waals surface area contributed by atoms with E-state index in [4.69, 9.17) is 4.74 Å². The molecule has 41 heavy (non-hydrogen) atoms. The number of rotatable bonds is 33. The summed E-state index contributed by atoms with van der Waals surface area (Å²) in [5, 5.41) is 2.81. The number of nitrogens with one attached hydrogen (secondary N) is 1. The van der Waals surface area contributed by atoms with E-state index >= 15 is 0 Å². The van der Waals surface area contributed by atoms with Gasteiger partial charge in [0.15, 0.2) is 0 Å². The van der Waals surface area contributed by atoms with Gasteiger partial charge in [0.25, 0.3) is 0 Å². The number of amides is 1. The van der Waals surface area contributed by atoms with Crippen molar-refractivity contribution in [3.8, 4) is 0 Å². The Morgan fingerprint density at radius 1 is 0.463 bits per heavy atom. The van der Waals surface area contributed by atoms with Gasteiger partial charge in [0.05, 0.1) is 6.61 Å². The SMILES string of the molecule is CCCCCCCCCCCCCCCCCCCCCCOC(=O)[C@H](C)NC(=O)CCCCCCCCCCC. The zero-order valence-corrected chi connectivity index (χ0v) is 28.2. The second kappa shape index (κ2) is 33.4. The third-order valence-corrected chi connectivity index (χ3v) is 8.48. The molecular formula is C37H73NO3. The lowest BCUT2D eigenvalue weighted by Crippen LogP contribution is -2.39. The van der Waals surface area contributed by atoms with Crippen LogP contribution in [0.25, 0.3) is 0 Å². The number of ether oxygens (including phenoxy) is 1. The molecule has 0 aliphatic carbocycles. The average molecular weight is 580 g/mol. The summed E-state index contributed by atoms with van der Waals surface area (Å²) in [4.78, 5) is 24.3. The molecular weight excluding hydrogens is 506 g/mol. The standard InChI is InChI=1S/C37H73NO3/c1-4-6-8-10-12-14-15-16-17-18-19-20-21-22-23-24-26-28-30-32-34-41-37(40)35(3)38-36(39)33-31-29-27-25-13-11-9-7-5-2/h35H,4-34H2,1-3H3,(H,38,39)/t35-/m0/s1. The first kappa shape index (κ1) is 39.9. The van der Waals surface area contributed by atoms with Crippen molar-refractivity contribution in [2.45, 2.75) is 219 Å². The molecule has 0 heterocycles. The molecule has 4 nitrogen and oxygen atoms in total. The molecule has 0 aromatic heterocycles. The fourth-order valence-corrected chi connectivity index (χ4v) is 5.62. The van der Waals surface area contributed by atoms with Crippen LogP contribution in [0.5, 0.6) is 0 Å². The highest BCUT2D eigenvalue weighted by Gasteiger charge is 2.16. The zero-order chi connectivity index (χ0) is 30.1. The van der Waals surface area contributed by atoms with E-state index in [9.17, 15) is 9.59 Å². The summed E-state index contributed by atoms with van der Waals surface area (Å²) in [7, 11) is 0. The van der Waals surface area contributed by atoms with E-state index < -0.39 is 6.04 Å². The summed E-state index contributed by atoms with van der Waals surface area (Å²) >= 11 is 0. The van der Waals surface area contributed by atoms with E-state index in [-0.39, 0.29) is 11.9 Å². The Bertz CT molecular complexity index is 550. The molecule has 0 saturated carbocycles. The Morgan fingerprint density at radius 2 is 0.756 bits per heavy atom. The summed E-state index contributed by atoms with van der Waals surface area (Å²) in [6.45, 7) is 6.73. The molecule has 0 aliphatic heterocycles. The van der Waals surface area contributed by atoms with Crippen molar-refractivity contribution in [2.24, 2.45) is 0 Å². The maximum absolute atomic E-state index is 12.2. The Balaban J connectivity index is 3.35. The molecule has 4 heteroatoms. The molecule has 1 N–H and O–H groups in total. The molecule has 0 radical (unpaired) electrons. The molecule has 1 amide bonds. The van der Waals surface area contributed by atoms with E-state index in [1.807, 2.05) is 0 Å². The van der Waals surface area contributed by atoms with E-state index in [1.165, 1.54) is 161 Å². The molecule has 0 unspecified atom stereocenters. The molecule has 244 valence electrons. The van der Waals surface area contributed by atoms with Gasteiger partial charge in [-0.2, -0.15) is 0 Å². The number of esters is 1. The lowest BCUT2D eigenvalue weighted by Gasteiger charge is -2.13. The lowest BCUT2D eigenvalue weighted by atomic mass is 10.0. The number of carbonyl (C=O) groups excluding carboxylic acids is 2. The van der Waals surface area contributed by atoms with Gasteiger partial charge in [0.2, 0.25) is 5.91 Å². The van der Waals surface area contributed by atoms with Crippen molar-refractivity contribution in [3.63, 3.8) is 0 Å². The molecule has 0 fully saturated rings. The maximum Gasteiger partial charge on any atom is 0.328 e. The molecule has 0 rings (SSSR count). The smallest absolute Gasteiger partial charge is 0.328 e. The average Bonchev–Trinajstić information content (AvgIpc) is 2.96. The van der Waals surface area contributed by atoms with Crippen LogP contribution in [0, 0.1) is 0 Å². The maximum atomic E-state index is 12.2. The number of unbranched alkanes of at least 4 members (excludes halogenated alkanes) is 27. The Kier molecular flexibility index (Phi) is 32.6. The van der Waals surface area contributed by atoms with Gasteiger partial charge in [-0.3, -0.25) is 4.79 Å². The molecule has 0 aliphatic rings.